The topological polar surface area (TPSA) is 83.5 Å². The largest absolute Gasteiger partial charge is 0.481 e. The van der Waals surface area contributed by atoms with E-state index in [1.54, 1.807) is 0 Å². The van der Waals surface area contributed by atoms with Crippen molar-refractivity contribution in [2.45, 2.75) is 25.2 Å². The van der Waals surface area contributed by atoms with Crippen LogP contribution < -0.4 is 4.72 Å². The van der Waals surface area contributed by atoms with Crippen molar-refractivity contribution in [2.24, 2.45) is 11.8 Å². The molecule has 0 aliphatic carbocycles. The SMILES string of the molecule is CC(C)CC(CNS(=O)(=O)c1ccc(Br)cc1F)C(=O)O. The van der Waals surface area contributed by atoms with Gasteiger partial charge in [-0.1, -0.05) is 29.8 Å². The maximum Gasteiger partial charge on any atom is 0.307 e. The molecule has 8 heteroatoms. The molecule has 0 bridgehead atoms. The van der Waals surface area contributed by atoms with Gasteiger partial charge in [0.05, 0.1) is 5.92 Å². The highest BCUT2D eigenvalue weighted by atomic mass is 79.9. The number of carboxylic acids is 1. The average molecular weight is 382 g/mol. The van der Waals surface area contributed by atoms with Gasteiger partial charge in [0.15, 0.2) is 0 Å². The number of hydrogen-bond donors (Lipinski definition) is 2. The smallest absolute Gasteiger partial charge is 0.307 e. The van der Waals surface area contributed by atoms with Gasteiger partial charge in [0.1, 0.15) is 10.7 Å². The maximum absolute atomic E-state index is 13.7. The van der Waals surface area contributed by atoms with E-state index in [9.17, 15) is 17.6 Å². The van der Waals surface area contributed by atoms with E-state index in [0.29, 0.717) is 10.9 Å². The summed E-state index contributed by atoms with van der Waals surface area (Å²) < 4.78 is 40.3. The van der Waals surface area contributed by atoms with Gasteiger partial charge in [-0.25, -0.2) is 17.5 Å². The molecule has 118 valence electrons. The lowest BCUT2D eigenvalue weighted by Gasteiger charge is -2.15. The van der Waals surface area contributed by atoms with Crippen LogP contribution in [0.15, 0.2) is 27.6 Å². The molecule has 1 unspecified atom stereocenters. The number of carboxylic acid groups (broad SMARTS) is 1. The molecule has 1 rings (SSSR count). The minimum absolute atomic E-state index is 0.111. The van der Waals surface area contributed by atoms with Crippen LogP contribution in [0.1, 0.15) is 20.3 Å². The first-order chi connectivity index (χ1) is 9.63. The standard InChI is InChI=1S/C13H17BrFNO4S/c1-8(2)5-9(13(17)18)7-16-21(19,20)12-4-3-10(14)6-11(12)15/h3-4,6,8-9,16H,5,7H2,1-2H3,(H,17,18). The minimum Gasteiger partial charge on any atom is -0.481 e. The van der Waals surface area contributed by atoms with Gasteiger partial charge in [0.25, 0.3) is 0 Å². The van der Waals surface area contributed by atoms with E-state index in [0.717, 1.165) is 12.1 Å². The third-order valence-electron chi connectivity index (χ3n) is 2.81. The van der Waals surface area contributed by atoms with E-state index in [-0.39, 0.29) is 12.5 Å². The zero-order valence-corrected chi connectivity index (χ0v) is 14.0. The second-order valence-electron chi connectivity index (χ2n) is 5.09. The first-order valence-electron chi connectivity index (χ1n) is 6.31. The summed E-state index contributed by atoms with van der Waals surface area (Å²) in [5.74, 6) is -2.71. The van der Waals surface area contributed by atoms with E-state index in [2.05, 4.69) is 20.7 Å². The lowest BCUT2D eigenvalue weighted by Crippen LogP contribution is -2.34. The lowest BCUT2D eigenvalue weighted by molar-refractivity contribution is -0.142. The Morgan fingerprint density at radius 1 is 1.43 bits per heavy atom. The Morgan fingerprint density at radius 2 is 2.05 bits per heavy atom. The molecule has 0 spiro atoms. The molecule has 0 fully saturated rings. The minimum atomic E-state index is -4.08. The summed E-state index contributed by atoms with van der Waals surface area (Å²) in [6, 6.07) is 3.57. The number of carbonyl (C=O) groups is 1. The van der Waals surface area contributed by atoms with E-state index in [1.165, 1.54) is 6.07 Å². The predicted molar refractivity (Wildman–Crippen MR) is 79.9 cm³/mol. The third kappa shape index (κ3) is 5.37. The molecule has 21 heavy (non-hydrogen) atoms. The number of nitrogens with one attached hydrogen (secondary N) is 1. The molecule has 0 amide bonds. The summed E-state index contributed by atoms with van der Waals surface area (Å²) in [7, 11) is -4.08. The number of benzene rings is 1. The predicted octanol–water partition coefficient (Wildman–Crippen LogP) is 2.61. The monoisotopic (exact) mass is 381 g/mol. The van der Waals surface area contributed by atoms with Crippen LogP contribution in [-0.2, 0) is 14.8 Å². The Hall–Kier alpha value is -0.990. The molecule has 5 nitrogen and oxygen atoms in total. The van der Waals surface area contributed by atoms with Gasteiger partial charge >= 0.3 is 5.97 Å². The fourth-order valence-corrected chi connectivity index (χ4v) is 3.29. The third-order valence-corrected chi connectivity index (χ3v) is 4.76. The summed E-state index contributed by atoms with van der Waals surface area (Å²) in [6.45, 7) is 3.42. The van der Waals surface area contributed by atoms with Crippen molar-refractivity contribution in [2.75, 3.05) is 6.54 Å². The van der Waals surface area contributed by atoms with Crippen LogP contribution in [-0.4, -0.2) is 26.0 Å². The van der Waals surface area contributed by atoms with E-state index in [1.807, 2.05) is 13.8 Å². The highest BCUT2D eigenvalue weighted by molar-refractivity contribution is 9.10. The van der Waals surface area contributed by atoms with Crippen molar-refractivity contribution in [1.29, 1.82) is 0 Å². The molecule has 0 heterocycles. The van der Waals surface area contributed by atoms with E-state index >= 15 is 0 Å². The summed E-state index contributed by atoms with van der Waals surface area (Å²) in [6.07, 6.45) is 0.334. The van der Waals surface area contributed by atoms with Crippen LogP contribution in [0.5, 0.6) is 0 Å². The van der Waals surface area contributed by atoms with Gasteiger partial charge in [-0.3, -0.25) is 4.79 Å². The highest BCUT2D eigenvalue weighted by Crippen LogP contribution is 2.20. The van der Waals surface area contributed by atoms with Crippen LogP contribution in [0.25, 0.3) is 0 Å². The molecule has 1 aromatic rings. The molecule has 2 N–H and O–H groups in total. The van der Waals surface area contributed by atoms with Crippen molar-refractivity contribution in [3.05, 3.63) is 28.5 Å². The summed E-state index contributed by atoms with van der Waals surface area (Å²) in [5.41, 5.74) is 0. The zero-order chi connectivity index (χ0) is 16.2. The van der Waals surface area contributed by atoms with Crippen molar-refractivity contribution in [3.8, 4) is 0 Å². The Bertz CT molecular complexity index is 619. The summed E-state index contributed by atoms with van der Waals surface area (Å²) in [5, 5.41) is 9.07. The van der Waals surface area contributed by atoms with Crippen LogP contribution in [0.4, 0.5) is 4.39 Å². The fraction of sp³-hybridized carbons (Fsp3) is 0.462. The molecular weight excluding hydrogens is 365 g/mol. The van der Waals surface area contributed by atoms with Crippen LogP contribution >= 0.6 is 15.9 Å². The van der Waals surface area contributed by atoms with Gasteiger partial charge < -0.3 is 5.11 Å². The van der Waals surface area contributed by atoms with Gasteiger partial charge in [-0.05, 0) is 30.5 Å². The Labute approximate surface area is 131 Å². The van der Waals surface area contributed by atoms with Crippen molar-refractivity contribution < 1.29 is 22.7 Å². The lowest BCUT2D eigenvalue weighted by atomic mass is 9.98. The van der Waals surface area contributed by atoms with Crippen LogP contribution in [0.2, 0.25) is 0 Å². The number of sulfonamides is 1. The number of aliphatic carboxylic acids is 1. The van der Waals surface area contributed by atoms with Crippen molar-refractivity contribution in [1.82, 2.24) is 4.72 Å². The molecule has 1 atom stereocenters. The second kappa shape index (κ2) is 7.33. The fourth-order valence-electron chi connectivity index (χ4n) is 1.82. The Balaban J connectivity index is 2.87. The maximum atomic E-state index is 13.7. The van der Waals surface area contributed by atoms with E-state index in [4.69, 9.17) is 5.11 Å². The number of halogens is 2. The molecular formula is C13H17BrFNO4S. The summed E-state index contributed by atoms with van der Waals surface area (Å²) in [4.78, 5) is 10.6. The van der Waals surface area contributed by atoms with Gasteiger partial charge in [-0.15, -0.1) is 0 Å². The first-order valence-corrected chi connectivity index (χ1v) is 8.58. The quantitative estimate of drug-likeness (QED) is 0.760. The average Bonchev–Trinajstić information content (AvgIpc) is 2.33. The first kappa shape index (κ1) is 18.1. The number of rotatable bonds is 7. The molecule has 1 aromatic carbocycles. The van der Waals surface area contributed by atoms with Gasteiger partial charge in [-0.2, -0.15) is 0 Å². The molecule has 0 saturated heterocycles. The van der Waals surface area contributed by atoms with Crippen molar-refractivity contribution >= 4 is 31.9 Å². The Kier molecular flexibility index (Phi) is 6.30. The normalized spacial score (nSPS) is 13.4. The molecule has 0 radical (unpaired) electrons. The molecule has 0 aliphatic rings. The van der Waals surface area contributed by atoms with Crippen LogP contribution in [0.3, 0.4) is 0 Å². The van der Waals surface area contributed by atoms with E-state index < -0.39 is 32.6 Å². The Morgan fingerprint density at radius 3 is 2.52 bits per heavy atom. The molecule has 0 aromatic heterocycles. The number of hydrogen-bond acceptors (Lipinski definition) is 3. The van der Waals surface area contributed by atoms with Gasteiger partial charge in [0.2, 0.25) is 10.0 Å². The van der Waals surface area contributed by atoms with Crippen LogP contribution in [0, 0.1) is 17.7 Å². The van der Waals surface area contributed by atoms with Crippen molar-refractivity contribution in [3.63, 3.8) is 0 Å². The highest BCUT2D eigenvalue weighted by Gasteiger charge is 2.24. The molecule has 0 aliphatic heterocycles. The van der Waals surface area contributed by atoms with Gasteiger partial charge in [0, 0.05) is 11.0 Å². The molecule has 0 saturated carbocycles. The summed E-state index contributed by atoms with van der Waals surface area (Å²) >= 11 is 3.04. The second-order valence-corrected chi connectivity index (χ2v) is 7.74. The zero-order valence-electron chi connectivity index (χ0n) is 11.6.